The highest BCUT2D eigenvalue weighted by molar-refractivity contribution is 5.95. The molecule has 4 rings (SSSR count). The summed E-state index contributed by atoms with van der Waals surface area (Å²) < 4.78 is 41.5. The number of halogens is 3. The number of hydrogen-bond acceptors (Lipinski definition) is 4. The first-order valence-corrected chi connectivity index (χ1v) is 8.65. The van der Waals surface area contributed by atoms with Crippen LogP contribution in [0.25, 0.3) is 0 Å². The summed E-state index contributed by atoms with van der Waals surface area (Å²) in [6.45, 7) is 0.807. The van der Waals surface area contributed by atoms with Crippen molar-refractivity contribution in [3.8, 4) is 0 Å². The fourth-order valence-electron chi connectivity index (χ4n) is 3.50. The van der Waals surface area contributed by atoms with Crippen LogP contribution in [-0.4, -0.2) is 43.6 Å². The van der Waals surface area contributed by atoms with Gasteiger partial charge in [0.1, 0.15) is 12.2 Å². The highest BCUT2D eigenvalue weighted by Gasteiger charge is 2.38. The number of hydrogen-bond donors (Lipinski definition) is 0. The molecule has 2 fully saturated rings. The summed E-state index contributed by atoms with van der Waals surface area (Å²) in [6, 6.07) is 1.62. The van der Waals surface area contributed by atoms with Crippen molar-refractivity contribution in [1.29, 1.82) is 0 Å². The third-order valence-electron chi connectivity index (χ3n) is 5.05. The molecule has 9 heteroatoms. The van der Waals surface area contributed by atoms with Crippen LogP contribution >= 0.6 is 0 Å². The van der Waals surface area contributed by atoms with E-state index in [1.54, 1.807) is 6.33 Å². The van der Waals surface area contributed by atoms with Crippen LogP contribution < -0.4 is 0 Å². The third-order valence-corrected chi connectivity index (χ3v) is 5.05. The lowest BCUT2D eigenvalue weighted by Crippen LogP contribution is -2.39. The van der Waals surface area contributed by atoms with Gasteiger partial charge in [0.25, 0.3) is 5.91 Å². The van der Waals surface area contributed by atoms with Crippen LogP contribution in [0, 0.1) is 0 Å². The lowest BCUT2D eigenvalue weighted by atomic mass is 9.95. The number of pyridine rings is 1. The number of carbonyl (C=O) groups excluding carboxylic acids is 1. The molecule has 0 N–H and O–H groups in total. The van der Waals surface area contributed by atoms with Gasteiger partial charge in [0.2, 0.25) is 0 Å². The monoisotopic (exact) mass is 365 g/mol. The smallest absolute Gasteiger partial charge is 0.339 e. The van der Waals surface area contributed by atoms with Gasteiger partial charge < -0.3 is 9.47 Å². The Morgan fingerprint density at radius 1 is 1.15 bits per heavy atom. The molecule has 0 radical (unpaired) electrons. The van der Waals surface area contributed by atoms with Crippen molar-refractivity contribution in [3.63, 3.8) is 0 Å². The minimum Gasteiger partial charge on any atom is -0.339 e. The Morgan fingerprint density at radius 2 is 1.88 bits per heavy atom. The Kier molecular flexibility index (Phi) is 4.16. The molecule has 138 valence electrons. The predicted molar refractivity (Wildman–Crippen MR) is 85.4 cm³/mol. The Balaban J connectivity index is 1.47. The second kappa shape index (κ2) is 6.37. The Morgan fingerprint density at radius 3 is 2.54 bits per heavy atom. The summed E-state index contributed by atoms with van der Waals surface area (Å²) in [5.74, 6) is 0.517. The van der Waals surface area contributed by atoms with E-state index in [0.29, 0.717) is 38.2 Å². The van der Waals surface area contributed by atoms with E-state index in [0.717, 1.165) is 24.7 Å². The number of piperidine rings is 1. The molecule has 6 nitrogen and oxygen atoms in total. The van der Waals surface area contributed by atoms with Gasteiger partial charge in [0.15, 0.2) is 0 Å². The Bertz CT molecular complexity index is 807. The second-order valence-corrected chi connectivity index (χ2v) is 6.81. The van der Waals surface area contributed by atoms with Crippen molar-refractivity contribution < 1.29 is 18.0 Å². The van der Waals surface area contributed by atoms with Gasteiger partial charge in [0, 0.05) is 37.4 Å². The molecule has 3 heterocycles. The molecule has 1 amide bonds. The molecular weight excluding hydrogens is 347 g/mol. The van der Waals surface area contributed by atoms with Crippen LogP contribution in [0.4, 0.5) is 13.2 Å². The average molecular weight is 365 g/mol. The molecule has 2 aromatic rings. The normalized spacial score (nSPS) is 19.0. The molecule has 1 aliphatic heterocycles. The van der Waals surface area contributed by atoms with E-state index >= 15 is 0 Å². The van der Waals surface area contributed by atoms with Crippen LogP contribution in [0.1, 0.15) is 59.4 Å². The highest BCUT2D eigenvalue weighted by Crippen LogP contribution is 2.38. The van der Waals surface area contributed by atoms with Gasteiger partial charge in [-0.2, -0.15) is 13.2 Å². The van der Waals surface area contributed by atoms with Gasteiger partial charge in [-0.05, 0) is 31.7 Å². The second-order valence-electron chi connectivity index (χ2n) is 6.81. The predicted octanol–water partition coefficient (Wildman–Crippen LogP) is 3.05. The maximum Gasteiger partial charge on any atom is 0.418 e. The zero-order valence-electron chi connectivity index (χ0n) is 14.0. The van der Waals surface area contributed by atoms with Crippen molar-refractivity contribution in [3.05, 3.63) is 41.7 Å². The first-order chi connectivity index (χ1) is 12.4. The Labute approximate surface area is 148 Å². The van der Waals surface area contributed by atoms with Gasteiger partial charge >= 0.3 is 6.18 Å². The summed E-state index contributed by atoms with van der Waals surface area (Å²) in [4.78, 5) is 17.6. The number of alkyl halides is 3. The maximum atomic E-state index is 13.1. The van der Waals surface area contributed by atoms with Crippen LogP contribution in [-0.2, 0) is 6.18 Å². The van der Waals surface area contributed by atoms with E-state index in [9.17, 15) is 18.0 Å². The van der Waals surface area contributed by atoms with E-state index < -0.39 is 17.6 Å². The van der Waals surface area contributed by atoms with Crippen LogP contribution in [0.2, 0.25) is 0 Å². The molecule has 0 spiro atoms. The zero-order valence-corrected chi connectivity index (χ0v) is 14.0. The number of aromatic nitrogens is 4. The van der Waals surface area contributed by atoms with Gasteiger partial charge in [0.05, 0.1) is 11.1 Å². The van der Waals surface area contributed by atoms with Gasteiger partial charge in [-0.1, -0.05) is 0 Å². The lowest BCUT2D eigenvalue weighted by molar-refractivity contribution is -0.138. The van der Waals surface area contributed by atoms with Crippen molar-refractivity contribution in [2.45, 2.75) is 43.8 Å². The van der Waals surface area contributed by atoms with Gasteiger partial charge in [-0.15, -0.1) is 10.2 Å². The van der Waals surface area contributed by atoms with E-state index in [1.807, 2.05) is 0 Å². The summed E-state index contributed by atoms with van der Waals surface area (Å²) >= 11 is 0. The standard InChI is InChI=1S/C17H18F3N5O/c18-17(19,20)14-9-21-6-3-13(14)16(26)24-7-4-11(5-8-24)15-23-22-10-25(15)12-1-2-12/h3,6,9-12H,1-2,4-5,7-8H2. The first kappa shape index (κ1) is 17.0. The summed E-state index contributed by atoms with van der Waals surface area (Å²) in [5, 5.41) is 8.23. The molecule has 1 saturated heterocycles. The molecule has 1 saturated carbocycles. The van der Waals surface area contributed by atoms with Crippen molar-refractivity contribution >= 4 is 5.91 Å². The van der Waals surface area contributed by atoms with Crippen LogP contribution in [0.5, 0.6) is 0 Å². The van der Waals surface area contributed by atoms with E-state index in [2.05, 4.69) is 19.7 Å². The van der Waals surface area contributed by atoms with Gasteiger partial charge in [-0.25, -0.2) is 0 Å². The molecular formula is C17H18F3N5O. The SMILES string of the molecule is O=C(c1ccncc1C(F)(F)F)N1CCC(c2nncn2C2CC2)CC1. The number of rotatable bonds is 3. The van der Waals surface area contributed by atoms with Crippen LogP contribution in [0.3, 0.4) is 0 Å². The first-order valence-electron chi connectivity index (χ1n) is 8.65. The number of amides is 1. The highest BCUT2D eigenvalue weighted by atomic mass is 19.4. The molecule has 0 unspecified atom stereocenters. The van der Waals surface area contributed by atoms with Crippen molar-refractivity contribution in [2.24, 2.45) is 0 Å². The number of likely N-dealkylation sites (tertiary alicyclic amines) is 1. The van der Waals surface area contributed by atoms with Gasteiger partial charge in [-0.3, -0.25) is 9.78 Å². The fraction of sp³-hybridized carbons (Fsp3) is 0.529. The summed E-state index contributed by atoms with van der Waals surface area (Å²) in [7, 11) is 0. The third kappa shape index (κ3) is 3.17. The van der Waals surface area contributed by atoms with E-state index in [1.165, 1.54) is 11.1 Å². The molecule has 0 aromatic carbocycles. The van der Waals surface area contributed by atoms with Crippen molar-refractivity contribution in [2.75, 3.05) is 13.1 Å². The Hall–Kier alpha value is -2.45. The summed E-state index contributed by atoms with van der Waals surface area (Å²) in [5.41, 5.74) is -1.33. The number of nitrogens with zero attached hydrogens (tertiary/aromatic N) is 5. The maximum absolute atomic E-state index is 13.1. The minimum absolute atomic E-state index is 0.182. The molecule has 2 aliphatic rings. The van der Waals surface area contributed by atoms with E-state index in [4.69, 9.17) is 0 Å². The largest absolute Gasteiger partial charge is 0.418 e. The lowest BCUT2D eigenvalue weighted by Gasteiger charge is -2.32. The zero-order chi connectivity index (χ0) is 18.3. The molecule has 0 atom stereocenters. The topological polar surface area (TPSA) is 63.9 Å². The molecule has 1 aliphatic carbocycles. The fourth-order valence-corrected chi connectivity index (χ4v) is 3.50. The van der Waals surface area contributed by atoms with Crippen LogP contribution in [0.15, 0.2) is 24.8 Å². The summed E-state index contributed by atoms with van der Waals surface area (Å²) in [6.07, 6.45) is 2.67. The quantitative estimate of drug-likeness (QED) is 0.839. The van der Waals surface area contributed by atoms with Crippen molar-refractivity contribution in [1.82, 2.24) is 24.6 Å². The molecule has 26 heavy (non-hydrogen) atoms. The molecule has 0 bridgehead atoms. The van der Waals surface area contributed by atoms with E-state index in [-0.39, 0.29) is 11.5 Å². The average Bonchev–Trinajstić information content (AvgIpc) is 3.37. The minimum atomic E-state index is -4.60. The number of carbonyl (C=O) groups is 1. The molecule has 2 aromatic heterocycles.